The van der Waals surface area contributed by atoms with Gasteiger partial charge in [-0.25, -0.2) is 0 Å². The number of carbonyl (C=O) groups is 2. The predicted molar refractivity (Wildman–Crippen MR) is 136 cm³/mol. The first-order chi connectivity index (χ1) is 16.8. The van der Waals surface area contributed by atoms with Crippen molar-refractivity contribution in [3.8, 4) is 11.5 Å². The predicted octanol–water partition coefficient (Wildman–Crippen LogP) is 5.66. The molecule has 3 aromatic carbocycles. The van der Waals surface area contributed by atoms with E-state index in [0.717, 1.165) is 11.1 Å². The van der Waals surface area contributed by atoms with Gasteiger partial charge in [0, 0.05) is 17.3 Å². The topological polar surface area (TPSA) is 76.1 Å². The molecule has 6 heteroatoms. The summed E-state index contributed by atoms with van der Waals surface area (Å²) in [7, 11) is 1.54. The molecule has 0 spiro atoms. The lowest BCUT2D eigenvalue weighted by atomic mass is 9.94. The van der Waals surface area contributed by atoms with E-state index in [1.165, 1.54) is 4.90 Å². The van der Waals surface area contributed by atoms with Crippen LogP contribution in [0.3, 0.4) is 0 Å². The van der Waals surface area contributed by atoms with Crippen LogP contribution in [0.2, 0.25) is 0 Å². The number of methoxy groups -OCH3 is 1. The summed E-state index contributed by atoms with van der Waals surface area (Å²) in [5.41, 5.74) is 2.64. The quantitative estimate of drug-likeness (QED) is 0.273. The van der Waals surface area contributed by atoms with Crippen molar-refractivity contribution >= 4 is 23.1 Å². The molecule has 0 aromatic heterocycles. The Morgan fingerprint density at radius 1 is 0.971 bits per heavy atom. The first-order valence-corrected chi connectivity index (χ1v) is 11.5. The molecule has 1 aliphatic heterocycles. The van der Waals surface area contributed by atoms with E-state index in [1.807, 2.05) is 45.0 Å². The van der Waals surface area contributed by atoms with Gasteiger partial charge < -0.3 is 14.6 Å². The molecule has 0 bridgehead atoms. The molecule has 1 fully saturated rings. The van der Waals surface area contributed by atoms with Crippen molar-refractivity contribution in [2.75, 3.05) is 18.6 Å². The highest BCUT2D eigenvalue weighted by molar-refractivity contribution is 6.51. The van der Waals surface area contributed by atoms with E-state index in [4.69, 9.17) is 9.47 Å². The Morgan fingerprint density at radius 3 is 2.40 bits per heavy atom. The number of amides is 1. The maximum absolute atomic E-state index is 13.4. The molecule has 1 saturated heterocycles. The Morgan fingerprint density at radius 2 is 1.69 bits per heavy atom. The first-order valence-electron chi connectivity index (χ1n) is 11.5. The van der Waals surface area contributed by atoms with Gasteiger partial charge in [-0.1, -0.05) is 61.9 Å². The molecule has 1 amide bonds. The summed E-state index contributed by atoms with van der Waals surface area (Å²) in [5.74, 6) is -0.222. The van der Waals surface area contributed by atoms with Gasteiger partial charge in [-0.15, -0.1) is 0 Å². The summed E-state index contributed by atoms with van der Waals surface area (Å²) in [4.78, 5) is 28.1. The van der Waals surface area contributed by atoms with Crippen LogP contribution >= 0.6 is 0 Å². The van der Waals surface area contributed by atoms with Crippen LogP contribution in [-0.4, -0.2) is 30.5 Å². The van der Waals surface area contributed by atoms with Crippen molar-refractivity contribution in [1.29, 1.82) is 0 Å². The number of ether oxygens (including phenoxy) is 2. The van der Waals surface area contributed by atoms with Gasteiger partial charge in [0.25, 0.3) is 11.7 Å². The van der Waals surface area contributed by atoms with E-state index >= 15 is 0 Å². The molecule has 4 rings (SSSR count). The van der Waals surface area contributed by atoms with Gasteiger partial charge in [-0.2, -0.15) is 0 Å². The Balaban J connectivity index is 1.87. The fraction of sp³-hybridized carbons (Fsp3) is 0.241. The normalized spacial score (nSPS) is 17.2. The van der Waals surface area contributed by atoms with Crippen LogP contribution in [-0.2, 0) is 9.59 Å². The van der Waals surface area contributed by atoms with E-state index in [9.17, 15) is 14.7 Å². The average molecular weight is 472 g/mol. The number of rotatable bonds is 7. The van der Waals surface area contributed by atoms with Crippen LogP contribution in [0.1, 0.15) is 36.6 Å². The minimum atomic E-state index is -0.803. The maximum Gasteiger partial charge on any atom is 0.300 e. The number of hydrogen-bond acceptors (Lipinski definition) is 5. The SMILES string of the molecule is COc1cccc(N2C(=O)C(=O)/C(=C(/O)c3cccc(OCC(C)C)c3)C2c2cccc(C)c2)c1. The van der Waals surface area contributed by atoms with Crippen LogP contribution in [0.4, 0.5) is 5.69 Å². The molecule has 1 unspecified atom stereocenters. The molecule has 3 aromatic rings. The van der Waals surface area contributed by atoms with Crippen LogP contribution in [0.25, 0.3) is 5.76 Å². The molecule has 0 saturated carbocycles. The second kappa shape index (κ2) is 10.1. The smallest absolute Gasteiger partial charge is 0.300 e. The highest BCUT2D eigenvalue weighted by Gasteiger charge is 2.47. The van der Waals surface area contributed by atoms with E-state index in [-0.39, 0.29) is 11.3 Å². The van der Waals surface area contributed by atoms with E-state index in [2.05, 4.69) is 0 Å². The van der Waals surface area contributed by atoms with Gasteiger partial charge in [0.05, 0.1) is 25.3 Å². The van der Waals surface area contributed by atoms with Crippen molar-refractivity contribution in [1.82, 2.24) is 0 Å². The fourth-order valence-corrected chi connectivity index (χ4v) is 4.17. The summed E-state index contributed by atoms with van der Waals surface area (Å²) in [5, 5.41) is 11.4. The minimum absolute atomic E-state index is 0.0319. The molecular formula is C29H29NO5. The Bertz CT molecular complexity index is 1290. The maximum atomic E-state index is 13.4. The number of carbonyl (C=O) groups excluding carboxylic acids is 2. The number of aryl methyl sites for hydroxylation is 1. The van der Waals surface area contributed by atoms with Crippen molar-refractivity contribution in [3.63, 3.8) is 0 Å². The standard InChI is InChI=1S/C29H29NO5/c1-18(2)17-35-24-13-6-10-21(15-24)27(31)25-26(20-9-5-8-19(3)14-20)30(29(33)28(25)32)22-11-7-12-23(16-22)34-4/h5-16,18,26,31H,17H2,1-4H3/b27-25+. The lowest BCUT2D eigenvalue weighted by molar-refractivity contribution is -0.132. The lowest BCUT2D eigenvalue weighted by Gasteiger charge is -2.26. The molecule has 35 heavy (non-hydrogen) atoms. The van der Waals surface area contributed by atoms with Crippen molar-refractivity contribution in [2.45, 2.75) is 26.8 Å². The van der Waals surface area contributed by atoms with Crippen LogP contribution in [0.5, 0.6) is 11.5 Å². The zero-order valence-corrected chi connectivity index (χ0v) is 20.3. The molecule has 1 heterocycles. The van der Waals surface area contributed by atoms with E-state index < -0.39 is 17.7 Å². The summed E-state index contributed by atoms with van der Waals surface area (Å²) in [6, 6.07) is 20.7. The number of hydrogen-bond donors (Lipinski definition) is 1. The molecule has 0 aliphatic carbocycles. The zero-order valence-electron chi connectivity index (χ0n) is 20.3. The number of Topliss-reactive ketones (excluding diaryl/α,β-unsaturated/α-hetero) is 1. The number of nitrogens with zero attached hydrogens (tertiary/aromatic N) is 1. The van der Waals surface area contributed by atoms with Crippen molar-refractivity contribution < 1.29 is 24.2 Å². The second-order valence-electron chi connectivity index (χ2n) is 9.02. The second-order valence-corrected chi connectivity index (χ2v) is 9.02. The van der Waals surface area contributed by atoms with Gasteiger partial charge in [0.1, 0.15) is 17.3 Å². The summed E-state index contributed by atoms with van der Waals surface area (Å²) < 4.78 is 11.1. The van der Waals surface area contributed by atoms with Crippen LogP contribution in [0, 0.1) is 12.8 Å². The zero-order chi connectivity index (χ0) is 25.1. The summed E-state index contributed by atoms with van der Waals surface area (Å²) >= 11 is 0. The van der Waals surface area contributed by atoms with Crippen molar-refractivity contribution in [3.05, 3.63) is 95.1 Å². The largest absolute Gasteiger partial charge is 0.507 e. The first kappa shape index (κ1) is 24.1. The van der Waals surface area contributed by atoms with Crippen LogP contribution in [0.15, 0.2) is 78.4 Å². The Kier molecular flexibility index (Phi) is 6.92. The molecule has 180 valence electrons. The minimum Gasteiger partial charge on any atom is -0.507 e. The highest BCUT2D eigenvalue weighted by Crippen LogP contribution is 2.43. The van der Waals surface area contributed by atoms with Crippen LogP contribution < -0.4 is 14.4 Å². The Hall–Kier alpha value is -4.06. The average Bonchev–Trinajstić information content (AvgIpc) is 3.13. The third-order valence-electron chi connectivity index (χ3n) is 5.82. The lowest BCUT2D eigenvalue weighted by Crippen LogP contribution is -2.29. The monoisotopic (exact) mass is 471 g/mol. The van der Waals surface area contributed by atoms with Gasteiger partial charge in [0.15, 0.2) is 0 Å². The number of aliphatic hydroxyl groups excluding tert-OH is 1. The number of benzene rings is 3. The summed E-state index contributed by atoms with van der Waals surface area (Å²) in [6.07, 6.45) is 0. The molecule has 1 atom stereocenters. The van der Waals surface area contributed by atoms with Gasteiger partial charge >= 0.3 is 0 Å². The number of aliphatic hydroxyl groups is 1. The molecule has 0 radical (unpaired) electrons. The third kappa shape index (κ3) is 4.92. The number of anilines is 1. The summed E-state index contributed by atoms with van der Waals surface area (Å²) in [6.45, 7) is 6.56. The molecular weight excluding hydrogens is 442 g/mol. The van der Waals surface area contributed by atoms with Crippen molar-refractivity contribution in [2.24, 2.45) is 5.92 Å². The highest BCUT2D eigenvalue weighted by atomic mass is 16.5. The molecule has 1 N–H and O–H groups in total. The van der Waals surface area contributed by atoms with Gasteiger partial charge in [0.2, 0.25) is 0 Å². The van der Waals surface area contributed by atoms with Gasteiger partial charge in [-0.05, 0) is 42.7 Å². The Labute approximate surface area is 205 Å². The molecule has 1 aliphatic rings. The number of ketones is 1. The van der Waals surface area contributed by atoms with Gasteiger partial charge in [-0.3, -0.25) is 14.5 Å². The molecule has 6 nitrogen and oxygen atoms in total. The third-order valence-corrected chi connectivity index (χ3v) is 5.82. The van der Waals surface area contributed by atoms with E-state index in [0.29, 0.717) is 35.3 Å². The van der Waals surface area contributed by atoms with E-state index in [1.54, 1.807) is 55.6 Å². The fourth-order valence-electron chi connectivity index (χ4n) is 4.17.